The maximum absolute atomic E-state index is 14.2. The van der Waals surface area contributed by atoms with Gasteiger partial charge in [-0.15, -0.1) is 0 Å². The Morgan fingerprint density at radius 2 is 2.21 bits per heavy atom. The molecule has 4 heterocycles. The fraction of sp³-hybridized carbons (Fsp3) is 0.458. The van der Waals surface area contributed by atoms with Crippen LogP contribution in [0.4, 0.5) is 10.3 Å². The number of piperazine rings is 1. The molecule has 8 nitrogen and oxygen atoms in total. The van der Waals surface area contributed by atoms with E-state index in [1.54, 1.807) is 7.05 Å². The van der Waals surface area contributed by atoms with Crippen LogP contribution in [0.25, 0.3) is 11.3 Å². The molecule has 4 rings (SSSR count). The first kappa shape index (κ1) is 23.1. The number of hydrogen-bond donors (Lipinski definition) is 2. The molecule has 2 saturated heterocycles. The van der Waals surface area contributed by atoms with Gasteiger partial charge >= 0.3 is 0 Å². The molecule has 0 bridgehead atoms. The Bertz CT molecular complexity index is 1100. The molecule has 9 heteroatoms. The first-order chi connectivity index (χ1) is 16.0. The number of β-amino-alcohol motifs (C(OH)–C–C–N with tert-alkyl or cyclic N) is 1. The Morgan fingerprint density at radius 3 is 2.94 bits per heavy atom. The minimum absolute atomic E-state index is 0.190. The quantitative estimate of drug-likeness (QED) is 0.643. The molecule has 0 spiro atoms. The van der Waals surface area contributed by atoms with Crippen LogP contribution in [0.3, 0.4) is 0 Å². The molecule has 2 aliphatic heterocycles. The van der Waals surface area contributed by atoms with Gasteiger partial charge in [0.1, 0.15) is 0 Å². The van der Waals surface area contributed by atoms with E-state index < -0.39 is 5.82 Å². The topological polar surface area (TPSA) is 86.5 Å². The molecule has 176 valence electrons. The summed E-state index contributed by atoms with van der Waals surface area (Å²) in [6.45, 7) is 5.70. The summed E-state index contributed by atoms with van der Waals surface area (Å²) in [7, 11) is 1.69. The van der Waals surface area contributed by atoms with Crippen molar-refractivity contribution in [2.45, 2.75) is 31.9 Å². The van der Waals surface area contributed by atoms with Crippen LogP contribution in [-0.4, -0.2) is 69.4 Å². The highest BCUT2D eigenvalue weighted by Gasteiger charge is 2.23. The summed E-state index contributed by atoms with van der Waals surface area (Å²) >= 11 is 0. The van der Waals surface area contributed by atoms with Gasteiger partial charge in [-0.2, -0.15) is 0 Å². The fourth-order valence-corrected chi connectivity index (χ4v) is 4.41. The highest BCUT2D eigenvalue weighted by atomic mass is 19.1. The number of allylic oxidation sites excluding steroid dienone is 2. The van der Waals surface area contributed by atoms with E-state index in [-0.39, 0.29) is 23.3 Å². The number of pyridine rings is 1. The second-order valence-electron chi connectivity index (χ2n) is 8.53. The first-order valence-corrected chi connectivity index (χ1v) is 11.4. The van der Waals surface area contributed by atoms with Crippen molar-refractivity contribution in [1.29, 1.82) is 0 Å². The van der Waals surface area contributed by atoms with Gasteiger partial charge in [0.2, 0.25) is 5.95 Å². The lowest BCUT2D eigenvalue weighted by Gasteiger charge is -2.34. The van der Waals surface area contributed by atoms with Crippen molar-refractivity contribution in [3.8, 4) is 11.3 Å². The molecule has 0 amide bonds. The van der Waals surface area contributed by atoms with Gasteiger partial charge in [0.05, 0.1) is 18.0 Å². The van der Waals surface area contributed by atoms with Gasteiger partial charge in [-0.1, -0.05) is 12.2 Å². The second kappa shape index (κ2) is 10.3. The van der Waals surface area contributed by atoms with E-state index in [0.29, 0.717) is 31.3 Å². The predicted octanol–water partition coefficient (Wildman–Crippen LogP) is 1.68. The Morgan fingerprint density at radius 1 is 1.36 bits per heavy atom. The monoisotopic (exact) mass is 454 g/mol. The van der Waals surface area contributed by atoms with E-state index in [1.165, 1.54) is 22.9 Å². The molecule has 0 radical (unpaired) electrons. The van der Waals surface area contributed by atoms with E-state index in [0.717, 1.165) is 37.8 Å². The molecule has 0 saturated carbocycles. The van der Waals surface area contributed by atoms with Crippen LogP contribution in [0.2, 0.25) is 0 Å². The number of halogens is 1. The molecule has 33 heavy (non-hydrogen) atoms. The lowest BCUT2D eigenvalue weighted by Crippen LogP contribution is -2.52. The largest absolute Gasteiger partial charge is 0.391 e. The fourth-order valence-electron chi connectivity index (χ4n) is 4.41. The lowest BCUT2D eigenvalue weighted by molar-refractivity contribution is 0.184. The zero-order chi connectivity index (χ0) is 23.4. The van der Waals surface area contributed by atoms with Crippen molar-refractivity contribution in [1.82, 2.24) is 24.8 Å². The number of nitrogens with one attached hydrogen (secondary N) is 1. The number of aliphatic hydroxyl groups is 1. The van der Waals surface area contributed by atoms with Gasteiger partial charge in [-0.3, -0.25) is 14.3 Å². The molecule has 2 aromatic rings. The molecule has 2 N–H and O–H groups in total. The zero-order valence-corrected chi connectivity index (χ0v) is 19.1. The van der Waals surface area contributed by atoms with Crippen molar-refractivity contribution >= 4 is 5.95 Å². The van der Waals surface area contributed by atoms with Crippen LogP contribution < -0.4 is 15.8 Å². The Hall–Kier alpha value is -3.04. The first-order valence-electron chi connectivity index (χ1n) is 11.4. The Labute approximate surface area is 193 Å². The third kappa shape index (κ3) is 5.31. The summed E-state index contributed by atoms with van der Waals surface area (Å²) in [5.41, 5.74) is 1.47. The third-order valence-electron chi connectivity index (χ3n) is 6.23. The van der Waals surface area contributed by atoms with Crippen molar-refractivity contribution in [2.24, 2.45) is 7.05 Å². The second-order valence-corrected chi connectivity index (χ2v) is 8.53. The van der Waals surface area contributed by atoms with Crippen LogP contribution in [-0.2, 0) is 7.05 Å². The van der Waals surface area contributed by atoms with Gasteiger partial charge in [0.15, 0.2) is 5.82 Å². The van der Waals surface area contributed by atoms with E-state index in [4.69, 9.17) is 0 Å². The average molecular weight is 455 g/mol. The number of hydrogen-bond acceptors (Lipinski definition) is 7. The molecular formula is C24H31FN6O2. The highest BCUT2D eigenvalue weighted by Crippen LogP contribution is 2.22. The Balaban J connectivity index is 1.47. The number of likely N-dealkylation sites (tertiary alicyclic amines) is 1. The maximum atomic E-state index is 14.2. The van der Waals surface area contributed by atoms with Crippen molar-refractivity contribution in [3.63, 3.8) is 0 Å². The molecule has 2 aromatic heterocycles. The highest BCUT2D eigenvalue weighted by molar-refractivity contribution is 5.60. The minimum Gasteiger partial charge on any atom is -0.391 e. The van der Waals surface area contributed by atoms with Gasteiger partial charge < -0.3 is 20.2 Å². The van der Waals surface area contributed by atoms with Crippen LogP contribution in [0.15, 0.2) is 53.2 Å². The minimum atomic E-state index is -0.502. The van der Waals surface area contributed by atoms with Gasteiger partial charge in [-0.05, 0) is 31.9 Å². The van der Waals surface area contributed by atoms with Gasteiger partial charge in [0.25, 0.3) is 5.56 Å². The average Bonchev–Trinajstić information content (AvgIpc) is 3.25. The standard InChI is InChI=1S/C24H31FN6O2/c1-3-18(30-11-8-19(32)16-30)6-4-5-17-15-31(12-10-27-17)24-28-22(13-23(33)29(24)2)20-7-9-26-14-21(20)25/h3-4,6-7,9,13-14,17,19,27,32H,5,8,10-12,15-16H2,1-2H3/b6-4-,18-3+/t17-,19+/m0/s1. The maximum Gasteiger partial charge on any atom is 0.255 e. The van der Waals surface area contributed by atoms with Crippen LogP contribution in [0.5, 0.6) is 0 Å². The van der Waals surface area contributed by atoms with Crippen LogP contribution >= 0.6 is 0 Å². The summed E-state index contributed by atoms with van der Waals surface area (Å²) in [6, 6.07) is 3.08. The molecule has 2 fully saturated rings. The Kier molecular flexibility index (Phi) is 7.20. The lowest BCUT2D eigenvalue weighted by atomic mass is 10.1. The molecule has 0 aliphatic carbocycles. The smallest absolute Gasteiger partial charge is 0.255 e. The number of anilines is 1. The molecule has 2 aliphatic rings. The molecule has 0 unspecified atom stereocenters. The van der Waals surface area contributed by atoms with Crippen molar-refractivity contribution in [2.75, 3.05) is 37.6 Å². The van der Waals surface area contributed by atoms with E-state index in [2.05, 4.69) is 43.3 Å². The normalized spacial score (nSPS) is 21.9. The van der Waals surface area contributed by atoms with Crippen molar-refractivity contribution < 1.29 is 9.50 Å². The summed E-state index contributed by atoms with van der Waals surface area (Å²) in [5.74, 6) is 0.0298. The molecular weight excluding hydrogens is 423 g/mol. The summed E-state index contributed by atoms with van der Waals surface area (Å²) < 4.78 is 15.8. The molecule has 0 aromatic carbocycles. The van der Waals surface area contributed by atoms with Crippen molar-refractivity contribution in [3.05, 3.63) is 64.6 Å². The number of rotatable bonds is 6. The predicted molar refractivity (Wildman–Crippen MR) is 126 cm³/mol. The number of nitrogens with zero attached hydrogens (tertiary/aromatic N) is 5. The zero-order valence-electron chi connectivity index (χ0n) is 19.1. The van der Waals surface area contributed by atoms with E-state index in [9.17, 15) is 14.3 Å². The van der Waals surface area contributed by atoms with Gasteiger partial charge in [0, 0.05) is 69.3 Å². The summed E-state index contributed by atoms with van der Waals surface area (Å²) in [5, 5.41) is 13.3. The third-order valence-corrected chi connectivity index (χ3v) is 6.23. The van der Waals surface area contributed by atoms with E-state index >= 15 is 0 Å². The number of aromatic nitrogens is 3. The summed E-state index contributed by atoms with van der Waals surface area (Å²) in [6.07, 6.45) is 10.3. The van der Waals surface area contributed by atoms with Crippen LogP contribution in [0, 0.1) is 5.82 Å². The number of aliphatic hydroxyl groups excluding tert-OH is 1. The van der Waals surface area contributed by atoms with Crippen LogP contribution in [0.1, 0.15) is 19.8 Å². The summed E-state index contributed by atoms with van der Waals surface area (Å²) in [4.78, 5) is 25.3. The molecule has 2 atom stereocenters. The van der Waals surface area contributed by atoms with E-state index in [1.807, 2.05) is 6.92 Å². The SMILES string of the molecule is C/C=C(\C=C/C[C@H]1CN(c2nc(-c3ccncc3F)cc(=O)n2C)CCN1)N1CC[C@@H](O)C1. The van der Waals surface area contributed by atoms with Gasteiger partial charge in [-0.25, -0.2) is 9.37 Å².